The first-order chi connectivity index (χ1) is 9.20. The van der Waals surface area contributed by atoms with E-state index in [1.54, 1.807) is 0 Å². The van der Waals surface area contributed by atoms with E-state index in [9.17, 15) is 4.79 Å². The zero-order valence-electron chi connectivity index (χ0n) is 11.7. The van der Waals surface area contributed by atoms with E-state index in [1.165, 1.54) is 6.42 Å². The SMILES string of the molecule is CCc1nnc(C)cc1C(=O)NC1CCCCNC1. The third-order valence-corrected chi connectivity index (χ3v) is 3.45. The van der Waals surface area contributed by atoms with Gasteiger partial charge < -0.3 is 10.6 Å². The highest BCUT2D eigenvalue weighted by Gasteiger charge is 2.18. The van der Waals surface area contributed by atoms with Gasteiger partial charge in [0.1, 0.15) is 0 Å². The summed E-state index contributed by atoms with van der Waals surface area (Å²) in [6.07, 6.45) is 4.10. The number of nitrogens with zero attached hydrogens (tertiary/aromatic N) is 2. The molecule has 2 rings (SSSR count). The second-order valence-electron chi connectivity index (χ2n) is 5.07. The van der Waals surface area contributed by atoms with Crippen molar-refractivity contribution in [1.29, 1.82) is 0 Å². The molecular formula is C14H22N4O. The molecule has 1 aromatic heterocycles. The van der Waals surface area contributed by atoms with Crippen LogP contribution in [-0.2, 0) is 6.42 Å². The van der Waals surface area contributed by atoms with Crippen molar-refractivity contribution in [2.75, 3.05) is 13.1 Å². The molecule has 1 amide bonds. The molecular weight excluding hydrogens is 240 g/mol. The van der Waals surface area contributed by atoms with E-state index in [2.05, 4.69) is 20.8 Å². The minimum atomic E-state index is -0.0245. The Morgan fingerprint density at radius 2 is 2.32 bits per heavy atom. The number of aryl methyl sites for hydroxylation is 2. The Balaban J connectivity index is 2.08. The molecule has 1 atom stereocenters. The molecule has 2 N–H and O–H groups in total. The molecule has 1 aliphatic heterocycles. The lowest BCUT2D eigenvalue weighted by molar-refractivity contribution is 0.0933. The number of aromatic nitrogens is 2. The van der Waals surface area contributed by atoms with Gasteiger partial charge in [-0.05, 0) is 38.8 Å². The van der Waals surface area contributed by atoms with Gasteiger partial charge in [0.15, 0.2) is 0 Å². The Hall–Kier alpha value is -1.49. The molecule has 1 fully saturated rings. The Morgan fingerprint density at radius 1 is 1.47 bits per heavy atom. The van der Waals surface area contributed by atoms with E-state index in [4.69, 9.17) is 0 Å². The van der Waals surface area contributed by atoms with Crippen LogP contribution in [0.15, 0.2) is 6.07 Å². The molecule has 104 valence electrons. The molecule has 5 heteroatoms. The number of nitrogens with one attached hydrogen (secondary N) is 2. The summed E-state index contributed by atoms with van der Waals surface area (Å²) in [5.74, 6) is -0.0245. The van der Waals surface area contributed by atoms with Crippen LogP contribution in [0.25, 0.3) is 0 Å². The molecule has 19 heavy (non-hydrogen) atoms. The van der Waals surface area contributed by atoms with E-state index in [0.717, 1.165) is 43.7 Å². The van der Waals surface area contributed by atoms with Crippen LogP contribution in [0.4, 0.5) is 0 Å². The monoisotopic (exact) mass is 262 g/mol. The predicted molar refractivity (Wildman–Crippen MR) is 74.1 cm³/mol. The topological polar surface area (TPSA) is 66.9 Å². The van der Waals surface area contributed by atoms with Crippen molar-refractivity contribution in [2.45, 2.75) is 45.6 Å². The van der Waals surface area contributed by atoms with Crippen LogP contribution in [0.3, 0.4) is 0 Å². The summed E-state index contributed by atoms with van der Waals surface area (Å²) in [6.45, 7) is 5.74. The minimum absolute atomic E-state index is 0.0245. The van der Waals surface area contributed by atoms with Gasteiger partial charge in [-0.2, -0.15) is 10.2 Å². The van der Waals surface area contributed by atoms with Crippen molar-refractivity contribution < 1.29 is 4.79 Å². The Bertz CT molecular complexity index is 439. The lowest BCUT2D eigenvalue weighted by atomic mass is 10.1. The van der Waals surface area contributed by atoms with Crippen LogP contribution in [0.2, 0.25) is 0 Å². The number of rotatable bonds is 3. The largest absolute Gasteiger partial charge is 0.348 e. The average molecular weight is 262 g/mol. The predicted octanol–water partition coefficient (Wildman–Crippen LogP) is 1.22. The molecule has 1 aliphatic rings. The molecule has 0 bridgehead atoms. The number of hydrogen-bond acceptors (Lipinski definition) is 4. The fourth-order valence-corrected chi connectivity index (χ4v) is 2.38. The fourth-order valence-electron chi connectivity index (χ4n) is 2.38. The highest BCUT2D eigenvalue weighted by molar-refractivity contribution is 5.95. The Kier molecular flexibility index (Phi) is 4.85. The maximum absolute atomic E-state index is 12.4. The molecule has 1 aromatic rings. The van der Waals surface area contributed by atoms with Crippen LogP contribution < -0.4 is 10.6 Å². The van der Waals surface area contributed by atoms with Crippen LogP contribution in [0.5, 0.6) is 0 Å². The number of carbonyl (C=O) groups excluding carboxylic acids is 1. The molecule has 0 radical (unpaired) electrons. The summed E-state index contributed by atoms with van der Waals surface area (Å²) in [7, 11) is 0. The number of hydrogen-bond donors (Lipinski definition) is 2. The minimum Gasteiger partial charge on any atom is -0.348 e. The fraction of sp³-hybridized carbons (Fsp3) is 0.643. The third kappa shape index (κ3) is 3.73. The summed E-state index contributed by atoms with van der Waals surface area (Å²) in [5, 5.41) is 14.6. The lowest BCUT2D eigenvalue weighted by Crippen LogP contribution is -2.41. The van der Waals surface area contributed by atoms with Gasteiger partial charge in [0.2, 0.25) is 0 Å². The molecule has 0 aromatic carbocycles. The van der Waals surface area contributed by atoms with E-state index in [0.29, 0.717) is 5.56 Å². The normalized spacial score (nSPS) is 19.8. The summed E-state index contributed by atoms with van der Waals surface area (Å²) in [5.41, 5.74) is 2.21. The maximum atomic E-state index is 12.4. The van der Waals surface area contributed by atoms with Crippen LogP contribution in [-0.4, -0.2) is 35.2 Å². The molecule has 0 aliphatic carbocycles. The first-order valence-electron chi connectivity index (χ1n) is 7.05. The van der Waals surface area contributed by atoms with Gasteiger partial charge in [-0.25, -0.2) is 0 Å². The third-order valence-electron chi connectivity index (χ3n) is 3.45. The van der Waals surface area contributed by atoms with Crippen molar-refractivity contribution >= 4 is 5.91 Å². The second kappa shape index (κ2) is 6.61. The molecule has 5 nitrogen and oxygen atoms in total. The summed E-state index contributed by atoms with van der Waals surface area (Å²) in [4.78, 5) is 12.4. The highest BCUT2D eigenvalue weighted by atomic mass is 16.1. The molecule has 0 spiro atoms. The van der Waals surface area contributed by atoms with E-state index < -0.39 is 0 Å². The van der Waals surface area contributed by atoms with Gasteiger partial charge in [-0.15, -0.1) is 0 Å². The van der Waals surface area contributed by atoms with Gasteiger partial charge in [-0.3, -0.25) is 4.79 Å². The highest BCUT2D eigenvalue weighted by Crippen LogP contribution is 2.10. The Labute approximate surface area is 114 Å². The van der Waals surface area contributed by atoms with Crippen LogP contribution in [0, 0.1) is 6.92 Å². The number of amides is 1. The van der Waals surface area contributed by atoms with Gasteiger partial charge >= 0.3 is 0 Å². The van der Waals surface area contributed by atoms with E-state index >= 15 is 0 Å². The van der Waals surface area contributed by atoms with E-state index in [-0.39, 0.29) is 11.9 Å². The number of carbonyl (C=O) groups is 1. The smallest absolute Gasteiger partial charge is 0.253 e. The molecule has 2 heterocycles. The summed E-state index contributed by atoms with van der Waals surface area (Å²) >= 11 is 0. The second-order valence-corrected chi connectivity index (χ2v) is 5.07. The van der Waals surface area contributed by atoms with Gasteiger partial charge in [0.25, 0.3) is 5.91 Å². The summed E-state index contributed by atoms with van der Waals surface area (Å²) < 4.78 is 0. The zero-order valence-corrected chi connectivity index (χ0v) is 11.7. The van der Waals surface area contributed by atoms with Crippen molar-refractivity contribution in [3.05, 3.63) is 23.0 Å². The van der Waals surface area contributed by atoms with Crippen molar-refractivity contribution in [1.82, 2.24) is 20.8 Å². The molecule has 0 saturated carbocycles. The van der Waals surface area contributed by atoms with Gasteiger partial charge in [0.05, 0.1) is 17.0 Å². The first-order valence-corrected chi connectivity index (χ1v) is 7.05. The van der Waals surface area contributed by atoms with Gasteiger partial charge in [0, 0.05) is 12.6 Å². The molecule has 1 saturated heterocycles. The van der Waals surface area contributed by atoms with Crippen LogP contribution in [0.1, 0.15) is 47.9 Å². The first kappa shape index (κ1) is 13.9. The van der Waals surface area contributed by atoms with Crippen molar-refractivity contribution in [3.63, 3.8) is 0 Å². The zero-order chi connectivity index (χ0) is 13.7. The summed E-state index contributed by atoms with van der Waals surface area (Å²) in [6, 6.07) is 2.04. The van der Waals surface area contributed by atoms with Gasteiger partial charge in [-0.1, -0.05) is 13.3 Å². The Morgan fingerprint density at radius 3 is 3.11 bits per heavy atom. The van der Waals surface area contributed by atoms with Crippen molar-refractivity contribution in [2.24, 2.45) is 0 Å². The van der Waals surface area contributed by atoms with E-state index in [1.807, 2.05) is 19.9 Å². The maximum Gasteiger partial charge on any atom is 0.253 e. The molecule has 1 unspecified atom stereocenters. The lowest BCUT2D eigenvalue weighted by Gasteiger charge is -2.17. The van der Waals surface area contributed by atoms with Crippen LogP contribution >= 0.6 is 0 Å². The average Bonchev–Trinajstić information content (AvgIpc) is 2.67. The van der Waals surface area contributed by atoms with Crippen molar-refractivity contribution in [3.8, 4) is 0 Å². The quantitative estimate of drug-likeness (QED) is 0.859. The standard InChI is InChI=1S/C14H22N4O/c1-3-13-12(8-10(2)17-18-13)14(19)16-11-6-4-5-7-15-9-11/h8,11,15H,3-7,9H2,1-2H3,(H,16,19).